The maximum atomic E-state index is 12.2. The zero-order valence-corrected chi connectivity index (χ0v) is 8.17. The van der Waals surface area contributed by atoms with E-state index in [0.29, 0.717) is 6.20 Å². The summed E-state index contributed by atoms with van der Waals surface area (Å²) in [7, 11) is -1.88. The number of nitrogens with zero attached hydrogens (tertiary/aromatic N) is 1. The molecule has 1 rings (SSSR count). The van der Waals surface area contributed by atoms with Gasteiger partial charge in [0.1, 0.15) is 0 Å². The molecule has 2 N–H and O–H groups in total. The van der Waals surface area contributed by atoms with Gasteiger partial charge in [-0.1, -0.05) is 15.9 Å². The van der Waals surface area contributed by atoms with Crippen molar-refractivity contribution in [3.8, 4) is 0 Å². The standard InChI is InChI=1S/C6H4BBrF3NO2/c8-4-1-5(7(13)14)12-2-3(4)6(9,10)11/h1-2,13-14H. The predicted octanol–water partition coefficient (Wildman–Crippen LogP) is 0.543. The second-order valence-electron chi connectivity index (χ2n) is 2.46. The summed E-state index contributed by atoms with van der Waals surface area (Å²) in [4.78, 5) is 3.26. The molecule has 76 valence electrons. The van der Waals surface area contributed by atoms with Crippen LogP contribution in [-0.2, 0) is 6.18 Å². The van der Waals surface area contributed by atoms with E-state index in [1.54, 1.807) is 0 Å². The second-order valence-corrected chi connectivity index (χ2v) is 3.31. The van der Waals surface area contributed by atoms with Gasteiger partial charge >= 0.3 is 13.3 Å². The number of alkyl halides is 3. The van der Waals surface area contributed by atoms with Crippen molar-refractivity contribution in [3.63, 3.8) is 0 Å². The SMILES string of the molecule is OB(O)c1cc(Br)c(C(F)(F)F)cn1. The molecule has 0 amide bonds. The minimum Gasteiger partial charge on any atom is -0.422 e. The fourth-order valence-corrected chi connectivity index (χ4v) is 1.36. The Morgan fingerprint density at radius 2 is 1.93 bits per heavy atom. The van der Waals surface area contributed by atoms with E-state index in [1.807, 2.05) is 0 Å². The maximum Gasteiger partial charge on any atom is 0.508 e. The van der Waals surface area contributed by atoms with Crippen molar-refractivity contribution in [2.75, 3.05) is 0 Å². The van der Waals surface area contributed by atoms with Gasteiger partial charge in [-0.25, -0.2) is 0 Å². The summed E-state index contributed by atoms with van der Waals surface area (Å²) in [6.07, 6.45) is -3.97. The molecule has 3 nitrogen and oxygen atoms in total. The van der Waals surface area contributed by atoms with Gasteiger partial charge in [0, 0.05) is 10.7 Å². The molecule has 0 aliphatic carbocycles. The van der Waals surface area contributed by atoms with Crippen LogP contribution in [0.1, 0.15) is 5.56 Å². The summed E-state index contributed by atoms with van der Waals surface area (Å²) >= 11 is 2.67. The van der Waals surface area contributed by atoms with E-state index in [0.717, 1.165) is 6.07 Å². The summed E-state index contributed by atoms with van der Waals surface area (Å²) in [5.74, 6) is 0. The summed E-state index contributed by atoms with van der Waals surface area (Å²) in [5, 5.41) is 17.3. The van der Waals surface area contributed by atoms with E-state index in [2.05, 4.69) is 20.9 Å². The van der Waals surface area contributed by atoms with Crippen LogP contribution in [0.4, 0.5) is 13.2 Å². The zero-order chi connectivity index (χ0) is 10.9. The Hall–Kier alpha value is -0.595. The number of hydrogen-bond acceptors (Lipinski definition) is 3. The van der Waals surface area contributed by atoms with Gasteiger partial charge in [0.05, 0.1) is 11.2 Å². The first kappa shape index (κ1) is 11.5. The smallest absolute Gasteiger partial charge is 0.422 e. The Bertz CT molecular complexity index is 344. The van der Waals surface area contributed by atoms with Crippen molar-refractivity contribution in [1.29, 1.82) is 0 Å². The van der Waals surface area contributed by atoms with Gasteiger partial charge in [-0.05, 0) is 6.07 Å². The van der Waals surface area contributed by atoms with Gasteiger partial charge in [0.25, 0.3) is 0 Å². The quantitative estimate of drug-likeness (QED) is 0.732. The molecular formula is C6H4BBrF3NO2. The lowest BCUT2D eigenvalue weighted by Gasteiger charge is -2.09. The van der Waals surface area contributed by atoms with Gasteiger partial charge in [-0.3, -0.25) is 4.98 Å². The molecule has 14 heavy (non-hydrogen) atoms. The topological polar surface area (TPSA) is 53.4 Å². The van der Waals surface area contributed by atoms with E-state index in [9.17, 15) is 13.2 Å². The number of rotatable bonds is 1. The zero-order valence-electron chi connectivity index (χ0n) is 6.59. The predicted molar refractivity (Wildman–Crippen MR) is 46.8 cm³/mol. The molecular weight excluding hydrogens is 266 g/mol. The molecule has 0 spiro atoms. The second kappa shape index (κ2) is 3.88. The molecule has 0 fully saturated rings. The lowest BCUT2D eigenvalue weighted by molar-refractivity contribution is -0.138. The minimum atomic E-state index is -4.51. The monoisotopic (exact) mass is 269 g/mol. The molecule has 0 bridgehead atoms. The van der Waals surface area contributed by atoms with Gasteiger partial charge < -0.3 is 10.0 Å². The van der Waals surface area contributed by atoms with Gasteiger partial charge in [-0.15, -0.1) is 0 Å². The van der Waals surface area contributed by atoms with Crippen LogP contribution in [0, 0.1) is 0 Å². The van der Waals surface area contributed by atoms with Crippen LogP contribution in [0.3, 0.4) is 0 Å². The number of aromatic nitrogens is 1. The highest BCUT2D eigenvalue weighted by molar-refractivity contribution is 9.10. The van der Waals surface area contributed by atoms with Crippen molar-refractivity contribution in [2.24, 2.45) is 0 Å². The molecule has 0 aliphatic rings. The molecule has 0 atom stereocenters. The highest BCUT2D eigenvalue weighted by Gasteiger charge is 2.34. The van der Waals surface area contributed by atoms with Crippen LogP contribution in [-0.4, -0.2) is 22.2 Å². The minimum absolute atomic E-state index is 0.245. The molecule has 1 heterocycles. The van der Waals surface area contributed by atoms with E-state index >= 15 is 0 Å². The Morgan fingerprint density at radius 1 is 1.36 bits per heavy atom. The van der Waals surface area contributed by atoms with Crippen molar-refractivity contribution >= 4 is 28.6 Å². The number of halogens is 4. The fourth-order valence-electron chi connectivity index (χ4n) is 0.795. The Morgan fingerprint density at radius 3 is 2.29 bits per heavy atom. The lowest BCUT2D eigenvalue weighted by Crippen LogP contribution is -2.33. The molecule has 8 heteroatoms. The molecule has 0 radical (unpaired) electrons. The molecule has 0 saturated heterocycles. The first-order valence-corrected chi connectivity index (χ1v) is 4.20. The van der Waals surface area contributed by atoms with Crippen LogP contribution in [0.5, 0.6) is 0 Å². The lowest BCUT2D eigenvalue weighted by atomic mass is 9.85. The summed E-state index contributed by atoms with van der Waals surface area (Å²) in [5.41, 5.74) is -1.20. The van der Waals surface area contributed by atoms with Gasteiger partial charge in [0.15, 0.2) is 0 Å². The third-order valence-corrected chi connectivity index (χ3v) is 2.10. The Balaban J connectivity index is 3.15. The maximum absolute atomic E-state index is 12.2. The van der Waals surface area contributed by atoms with Crippen molar-refractivity contribution in [1.82, 2.24) is 4.98 Å². The third kappa shape index (κ3) is 2.46. The number of hydrogen-bond donors (Lipinski definition) is 2. The van der Waals surface area contributed by atoms with Crippen molar-refractivity contribution in [3.05, 3.63) is 22.3 Å². The van der Waals surface area contributed by atoms with Crippen molar-refractivity contribution < 1.29 is 23.2 Å². The van der Waals surface area contributed by atoms with Crippen LogP contribution in [0.15, 0.2) is 16.7 Å². The van der Waals surface area contributed by atoms with Crippen molar-refractivity contribution in [2.45, 2.75) is 6.18 Å². The molecule has 1 aromatic rings. The van der Waals surface area contributed by atoms with E-state index < -0.39 is 18.9 Å². The van der Waals surface area contributed by atoms with E-state index in [-0.39, 0.29) is 10.1 Å². The van der Waals surface area contributed by atoms with Crippen LogP contribution < -0.4 is 5.59 Å². The highest BCUT2D eigenvalue weighted by atomic mass is 79.9. The molecule has 0 aromatic carbocycles. The molecule has 0 unspecified atom stereocenters. The Kier molecular flexibility index (Phi) is 3.18. The van der Waals surface area contributed by atoms with E-state index in [1.165, 1.54) is 0 Å². The average Bonchev–Trinajstić information content (AvgIpc) is 2.01. The molecule has 0 aliphatic heterocycles. The Labute approximate surface area is 85.9 Å². The van der Waals surface area contributed by atoms with Crippen LogP contribution >= 0.6 is 15.9 Å². The first-order valence-electron chi connectivity index (χ1n) is 3.41. The van der Waals surface area contributed by atoms with Crippen LogP contribution in [0.2, 0.25) is 0 Å². The average molecular weight is 270 g/mol. The molecule has 0 saturated carbocycles. The summed E-state index contributed by atoms with van der Waals surface area (Å²) in [6, 6.07) is 0.910. The van der Waals surface area contributed by atoms with E-state index in [4.69, 9.17) is 10.0 Å². The number of pyridine rings is 1. The molecule has 1 aromatic heterocycles. The first-order chi connectivity index (χ1) is 6.32. The van der Waals surface area contributed by atoms with Gasteiger partial charge in [-0.2, -0.15) is 13.2 Å². The largest absolute Gasteiger partial charge is 0.508 e. The van der Waals surface area contributed by atoms with Gasteiger partial charge in [0.2, 0.25) is 0 Å². The fraction of sp³-hybridized carbons (Fsp3) is 0.167. The summed E-state index contributed by atoms with van der Waals surface area (Å²) in [6.45, 7) is 0. The highest BCUT2D eigenvalue weighted by Crippen LogP contribution is 2.33. The third-order valence-electron chi connectivity index (χ3n) is 1.44. The summed E-state index contributed by atoms with van der Waals surface area (Å²) < 4.78 is 36.3. The van der Waals surface area contributed by atoms with Crippen LogP contribution in [0.25, 0.3) is 0 Å². The normalized spacial score (nSPS) is 11.6.